The van der Waals surface area contributed by atoms with Gasteiger partial charge >= 0.3 is 5.97 Å². The van der Waals surface area contributed by atoms with Gasteiger partial charge < -0.3 is 4.74 Å². The summed E-state index contributed by atoms with van der Waals surface area (Å²) in [7, 11) is 1.26. The molecule has 5 heteroatoms. The summed E-state index contributed by atoms with van der Waals surface area (Å²) in [5, 5.41) is 8.70. The van der Waals surface area contributed by atoms with Gasteiger partial charge in [-0.25, -0.2) is 4.79 Å². The number of ether oxygens (including phenoxy) is 1. The molecule has 94 valence electrons. The molecule has 2 aromatic rings. The molecule has 0 saturated carbocycles. The van der Waals surface area contributed by atoms with Crippen LogP contribution in [0.4, 0.5) is 0 Å². The minimum atomic E-state index is -0.577. The van der Waals surface area contributed by atoms with Crippen LogP contribution in [0.1, 0.15) is 26.4 Å². The number of carbonyl (C=O) groups excluding carboxylic acids is 2. The zero-order valence-electron chi connectivity index (χ0n) is 10.2. The summed E-state index contributed by atoms with van der Waals surface area (Å²) in [5.41, 5.74) is 1.02. The van der Waals surface area contributed by atoms with Gasteiger partial charge in [0.1, 0.15) is 5.69 Å². The third-order valence-electron chi connectivity index (χ3n) is 2.62. The second-order valence-corrected chi connectivity index (χ2v) is 3.75. The molecular weight excluding hydrogens is 244 g/mol. The first-order chi connectivity index (χ1) is 9.17. The van der Waals surface area contributed by atoms with Crippen molar-refractivity contribution in [2.75, 3.05) is 7.11 Å². The molecular formula is C14H10N2O3. The van der Waals surface area contributed by atoms with Crippen LogP contribution in [0.15, 0.2) is 42.6 Å². The van der Waals surface area contributed by atoms with Gasteiger partial charge in [-0.3, -0.25) is 9.36 Å². The van der Waals surface area contributed by atoms with E-state index >= 15 is 0 Å². The maximum atomic E-state index is 12.2. The van der Waals surface area contributed by atoms with E-state index in [1.54, 1.807) is 30.3 Å². The number of aromatic nitrogens is 1. The Bertz CT molecular complexity index is 663. The lowest BCUT2D eigenvalue weighted by atomic mass is 10.1. The number of nitriles is 1. The summed E-state index contributed by atoms with van der Waals surface area (Å²) in [4.78, 5) is 23.7. The topological polar surface area (TPSA) is 72.1 Å². The lowest BCUT2D eigenvalue weighted by molar-refractivity contribution is 0.0583. The van der Waals surface area contributed by atoms with E-state index in [4.69, 9.17) is 5.26 Å². The Hall–Kier alpha value is -2.87. The second kappa shape index (κ2) is 5.19. The first-order valence-corrected chi connectivity index (χ1v) is 5.48. The highest BCUT2D eigenvalue weighted by molar-refractivity contribution is 6.01. The number of carbonyl (C=O) groups is 2. The Morgan fingerprint density at radius 3 is 2.47 bits per heavy atom. The molecule has 1 aromatic carbocycles. The summed E-state index contributed by atoms with van der Waals surface area (Å²) >= 11 is 0. The highest BCUT2D eigenvalue weighted by atomic mass is 16.5. The molecule has 0 amide bonds. The van der Waals surface area contributed by atoms with Gasteiger partial charge in [0.05, 0.1) is 18.7 Å². The minimum Gasteiger partial charge on any atom is -0.464 e. The van der Waals surface area contributed by atoms with Gasteiger partial charge in [0.2, 0.25) is 0 Å². The fourth-order valence-corrected chi connectivity index (χ4v) is 1.66. The van der Waals surface area contributed by atoms with E-state index < -0.39 is 5.97 Å². The van der Waals surface area contributed by atoms with Crippen molar-refractivity contribution >= 4 is 11.9 Å². The standard InChI is InChI=1S/C14H10N2O3/c1-19-14(18)12-3-2-8-16(12)13(17)11-6-4-10(9-15)5-7-11/h2-8H,1H3. The highest BCUT2D eigenvalue weighted by Crippen LogP contribution is 2.10. The molecule has 0 aliphatic rings. The zero-order chi connectivity index (χ0) is 13.8. The Balaban J connectivity index is 2.36. The third kappa shape index (κ3) is 2.38. The molecule has 0 unspecified atom stereocenters. The Morgan fingerprint density at radius 2 is 1.89 bits per heavy atom. The number of hydrogen-bond acceptors (Lipinski definition) is 4. The van der Waals surface area contributed by atoms with Crippen molar-refractivity contribution in [2.45, 2.75) is 0 Å². The van der Waals surface area contributed by atoms with Gasteiger partial charge in [-0.05, 0) is 36.4 Å². The number of nitrogens with zero attached hydrogens (tertiary/aromatic N) is 2. The quantitative estimate of drug-likeness (QED) is 0.766. The summed E-state index contributed by atoms with van der Waals surface area (Å²) in [6.45, 7) is 0. The molecule has 0 N–H and O–H groups in total. The first kappa shape index (κ1) is 12.6. The maximum Gasteiger partial charge on any atom is 0.355 e. The predicted octanol–water partition coefficient (Wildman–Crippen LogP) is 1.83. The second-order valence-electron chi connectivity index (χ2n) is 3.75. The fourth-order valence-electron chi connectivity index (χ4n) is 1.66. The number of rotatable bonds is 2. The average molecular weight is 254 g/mol. The van der Waals surface area contributed by atoms with Crippen LogP contribution in [0.3, 0.4) is 0 Å². The third-order valence-corrected chi connectivity index (χ3v) is 2.62. The molecule has 0 bridgehead atoms. The van der Waals surface area contributed by atoms with E-state index in [1.807, 2.05) is 6.07 Å². The zero-order valence-corrected chi connectivity index (χ0v) is 10.2. The van der Waals surface area contributed by atoms with Crippen molar-refractivity contribution in [2.24, 2.45) is 0 Å². The van der Waals surface area contributed by atoms with E-state index in [1.165, 1.54) is 23.9 Å². The number of benzene rings is 1. The number of hydrogen-bond donors (Lipinski definition) is 0. The van der Waals surface area contributed by atoms with E-state index in [0.717, 1.165) is 0 Å². The smallest absolute Gasteiger partial charge is 0.355 e. The summed E-state index contributed by atoms with van der Waals surface area (Å²) in [5.74, 6) is -0.929. The van der Waals surface area contributed by atoms with Crippen LogP contribution in [-0.4, -0.2) is 23.6 Å². The van der Waals surface area contributed by atoms with Gasteiger partial charge in [-0.1, -0.05) is 0 Å². The van der Waals surface area contributed by atoms with Gasteiger partial charge in [-0.2, -0.15) is 5.26 Å². The maximum absolute atomic E-state index is 12.2. The highest BCUT2D eigenvalue weighted by Gasteiger charge is 2.17. The van der Waals surface area contributed by atoms with Crippen LogP contribution in [0, 0.1) is 11.3 Å². The SMILES string of the molecule is COC(=O)c1cccn1C(=O)c1ccc(C#N)cc1. The van der Waals surface area contributed by atoms with Crippen molar-refractivity contribution in [1.29, 1.82) is 5.26 Å². The van der Waals surface area contributed by atoms with Crippen LogP contribution in [-0.2, 0) is 4.74 Å². The molecule has 0 aliphatic carbocycles. The fraction of sp³-hybridized carbons (Fsp3) is 0.0714. The van der Waals surface area contributed by atoms with Crippen molar-refractivity contribution < 1.29 is 14.3 Å². The van der Waals surface area contributed by atoms with Gasteiger partial charge in [0, 0.05) is 11.8 Å². The molecule has 19 heavy (non-hydrogen) atoms. The van der Waals surface area contributed by atoms with Crippen molar-refractivity contribution in [3.05, 3.63) is 59.4 Å². The lowest BCUT2D eigenvalue weighted by Crippen LogP contribution is -2.17. The minimum absolute atomic E-state index is 0.164. The summed E-state index contributed by atoms with van der Waals surface area (Å²) < 4.78 is 5.82. The van der Waals surface area contributed by atoms with Crippen LogP contribution in [0.5, 0.6) is 0 Å². The van der Waals surface area contributed by atoms with E-state index in [0.29, 0.717) is 11.1 Å². The van der Waals surface area contributed by atoms with Gasteiger partial charge in [0.15, 0.2) is 0 Å². The van der Waals surface area contributed by atoms with Crippen molar-refractivity contribution in [3.63, 3.8) is 0 Å². The summed E-state index contributed by atoms with van der Waals surface area (Å²) in [6, 6.07) is 11.3. The molecule has 1 aromatic heterocycles. The van der Waals surface area contributed by atoms with Crippen LogP contribution in [0.25, 0.3) is 0 Å². The summed E-state index contributed by atoms with van der Waals surface area (Å²) in [6.07, 6.45) is 1.49. The molecule has 5 nitrogen and oxygen atoms in total. The molecule has 0 saturated heterocycles. The average Bonchev–Trinajstić information content (AvgIpc) is 2.95. The molecule has 1 heterocycles. The predicted molar refractivity (Wildman–Crippen MR) is 66.7 cm³/mol. The monoisotopic (exact) mass is 254 g/mol. The molecule has 2 rings (SSSR count). The van der Waals surface area contributed by atoms with E-state index in [9.17, 15) is 9.59 Å². The normalized spacial score (nSPS) is 9.68. The Kier molecular flexibility index (Phi) is 3.44. The molecule has 0 radical (unpaired) electrons. The largest absolute Gasteiger partial charge is 0.464 e. The van der Waals surface area contributed by atoms with Crippen LogP contribution in [0.2, 0.25) is 0 Å². The lowest BCUT2D eigenvalue weighted by Gasteiger charge is -2.06. The molecule has 0 aliphatic heterocycles. The molecule has 0 atom stereocenters. The van der Waals surface area contributed by atoms with E-state index in [2.05, 4.69) is 4.74 Å². The van der Waals surface area contributed by atoms with Crippen LogP contribution < -0.4 is 0 Å². The van der Waals surface area contributed by atoms with Gasteiger partial charge in [0.25, 0.3) is 5.91 Å². The Morgan fingerprint density at radius 1 is 1.21 bits per heavy atom. The molecule has 0 fully saturated rings. The van der Waals surface area contributed by atoms with Crippen LogP contribution >= 0.6 is 0 Å². The van der Waals surface area contributed by atoms with Gasteiger partial charge in [-0.15, -0.1) is 0 Å². The number of methoxy groups -OCH3 is 1. The van der Waals surface area contributed by atoms with Crippen molar-refractivity contribution in [3.8, 4) is 6.07 Å². The Labute approximate surface area is 109 Å². The molecule has 0 spiro atoms. The number of esters is 1. The van der Waals surface area contributed by atoms with E-state index in [-0.39, 0.29) is 11.6 Å². The van der Waals surface area contributed by atoms with Crippen molar-refractivity contribution in [1.82, 2.24) is 4.57 Å². The first-order valence-electron chi connectivity index (χ1n) is 5.48.